The fourth-order valence-electron chi connectivity index (χ4n) is 6.31. The molecule has 0 radical (unpaired) electrons. The summed E-state index contributed by atoms with van der Waals surface area (Å²) in [5.74, 6) is -0.0621. The Morgan fingerprint density at radius 2 is 1.59 bits per heavy atom. The van der Waals surface area contributed by atoms with Crippen molar-refractivity contribution in [3.63, 3.8) is 0 Å². The molecular formula is C38H57FN4O7S. The van der Waals surface area contributed by atoms with Crippen molar-refractivity contribution in [3.8, 4) is 5.75 Å². The van der Waals surface area contributed by atoms with Gasteiger partial charge in [-0.3, -0.25) is 19.3 Å². The van der Waals surface area contributed by atoms with Crippen LogP contribution in [0.3, 0.4) is 0 Å². The molecule has 2 aliphatic rings. The fourth-order valence-corrected chi connectivity index (χ4v) is 6.31. The SMILES string of the molecule is CC(C)(C)NC(=O)C1CC2CCCCC2CN1CC(O)C(Cc1ccccc1)NC(=O)CNC(=O)COc1ccc(F)cc1.CC(C)S(C)(=O)=O. The maximum Gasteiger partial charge on any atom is 0.258 e. The number of piperidine rings is 1. The number of sulfone groups is 1. The lowest BCUT2D eigenvalue weighted by molar-refractivity contribution is -0.133. The number of ether oxygens (including phenoxy) is 1. The van der Waals surface area contributed by atoms with Crippen LogP contribution in [0.4, 0.5) is 4.39 Å². The minimum atomic E-state index is -2.74. The van der Waals surface area contributed by atoms with Gasteiger partial charge in [-0.2, -0.15) is 0 Å². The maximum atomic E-state index is 13.5. The number of hydrogen-bond acceptors (Lipinski definition) is 8. The van der Waals surface area contributed by atoms with E-state index in [0.717, 1.165) is 31.4 Å². The molecule has 1 aliphatic carbocycles. The van der Waals surface area contributed by atoms with Gasteiger partial charge in [-0.1, -0.05) is 49.6 Å². The molecule has 284 valence electrons. The number of halogens is 1. The van der Waals surface area contributed by atoms with E-state index in [2.05, 4.69) is 20.9 Å². The first-order valence-electron chi connectivity index (χ1n) is 17.8. The van der Waals surface area contributed by atoms with E-state index in [0.29, 0.717) is 24.0 Å². The number of rotatable bonds is 13. The van der Waals surface area contributed by atoms with Gasteiger partial charge in [0.05, 0.1) is 30.0 Å². The van der Waals surface area contributed by atoms with E-state index in [1.807, 2.05) is 51.1 Å². The number of likely N-dealkylation sites (tertiary alicyclic amines) is 1. The Balaban J connectivity index is 0.000000908. The fraction of sp³-hybridized carbons (Fsp3) is 0.605. The Morgan fingerprint density at radius 1 is 0.980 bits per heavy atom. The molecule has 11 nitrogen and oxygen atoms in total. The number of β-amino-alcohol motifs (C(OH)–C–C–N with tert-alkyl or cyclic N) is 1. The molecule has 2 fully saturated rings. The molecule has 51 heavy (non-hydrogen) atoms. The predicted molar refractivity (Wildman–Crippen MR) is 196 cm³/mol. The van der Waals surface area contributed by atoms with Crippen molar-refractivity contribution in [3.05, 3.63) is 66.0 Å². The molecule has 0 bridgehead atoms. The van der Waals surface area contributed by atoms with Gasteiger partial charge >= 0.3 is 0 Å². The summed E-state index contributed by atoms with van der Waals surface area (Å²) in [6, 6.07) is 13.9. The number of carbonyl (C=O) groups is 3. The van der Waals surface area contributed by atoms with Crippen LogP contribution in [0.5, 0.6) is 5.75 Å². The molecule has 4 rings (SSSR count). The summed E-state index contributed by atoms with van der Waals surface area (Å²) in [6.45, 7) is 9.57. The Morgan fingerprint density at radius 3 is 2.18 bits per heavy atom. The molecule has 0 aromatic heterocycles. The van der Waals surface area contributed by atoms with Crippen molar-refractivity contribution in [1.29, 1.82) is 0 Å². The number of nitrogens with one attached hydrogen (secondary N) is 3. The van der Waals surface area contributed by atoms with Crippen LogP contribution in [-0.2, 0) is 30.6 Å². The highest BCUT2D eigenvalue weighted by molar-refractivity contribution is 7.91. The van der Waals surface area contributed by atoms with E-state index in [9.17, 15) is 32.3 Å². The van der Waals surface area contributed by atoms with Gasteiger partial charge in [0.2, 0.25) is 11.8 Å². The van der Waals surface area contributed by atoms with Gasteiger partial charge in [0.15, 0.2) is 6.61 Å². The molecule has 5 atom stereocenters. The monoisotopic (exact) mass is 732 g/mol. The summed E-state index contributed by atoms with van der Waals surface area (Å²) in [4.78, 5) is 40.8. The second kappa shape index (κ2) is 19.3. The highest BCUT2D eigenvalue weighted by Crippen LogP contribution is 2.39. The summed E-state index contributed by atoms with van der Waals surface area (Å²) in [7, 11) is -2.74. The molecular weight excluding hydrogens is 676 g/mol. The second-order valence-corrected chi connectivity index (χ2v) is 17.7. The van der Waals surface area contributed by atoms with E-state index in [4.69, 9.17) is 4.74 Å². The topological polar surface area (TPSA) is 154 Å². The van der Waals surface area contributed by atoms with Gasteiger partial charge in [0.1, 0.15) is 21.4 Å². The number of benzene rings is 2. The van der Waals surface area contributed by atoms with E-state index in [1.54, 1.807) is 13.8 Å². The quantitative estimate of drug-likeness (QED) is 0.244. The minimum absolute atomic E-state index is 0.0251. The number of aliphatic hydroxyl groups excluding tert-OH is 1. The molecule has 3 amide bonds. The van der Waals surface area contributed by atoms with E-state index in [1.165, 1.54) is 43.4 Å². The zero-order valence-electron chi connectivity index (χ0n) is 30.9. The number of aliphatic hydroxyl groups is 1. The van der Waals surface area contributed by atoms with Crippen LogP contribution in [0.2, 0.25) is 0 Å². The molecule has 1 saturated carbocycles. The lowest BCUT2D eigenvalue weighted by Gasteiger charge is -2.47. The third-order valence-electron chi connectivity index (χ3n) is 9.32. The number of fused-ring (bicyclic) bond motifs is 1. The average Bonchev–Trinajstić information content (AvgIpc) is 3.06. The minimum Gasteiger partial charge on any atom is -0.484 e. The summed E-state index contributed by atoms with van der Waals surface area (Å²) < 4.78 is 39.1. The molecule has 4 N–H and O–H groups in total. The van der Waals surface area contributed by atoms with Gasteiger partial charge < -0.3 is 25.8 Å². The van der Waals surface area contributed by atoms with Crippen LogP contribution in [0.1, 0.15) is 72.3 Å². The van der Waals surface area contributed by atoms with Crippen LogP contribution in [0.15, 0.2) is 54.6 Å². The van der Waals surface area contributed by atoms with Gasteiger partial charge in [-0.05, 0) is 95.5 Å². The summed E-state index contributed by atoms with van der Waals surface area (Å²) in [5.41, 5.74) is 0.574. The lowest BCUT2D eigenvalue weighted by atomic mass is 9.72. The zero-order chi connectivity index (χ0) is 37.8. The molecule has 2 aromatic rings. The van der Waals surface area contributed by atoms with Crippen molar-refractivity contribution < 1.29 is 37.0 Å². The third kappa shape index (κ3) is 14.9. The Hall–Kier alpha value is -3.55. The highest BCUT2D eigenvalue weighted by atomic mass is 32.2. The van der Waals surface area contributed by atoms with Crippen LogP contribution in [0.25, 0.3) is 0 Å². The smallest absolute Gasteiger partial charge is 0.258 e. The Bertz CT molecular complexity index is 1520. The van der Waals surface area contributed by atoms with Gasteiger partial charge in [-0.25, -0.2) is 12.8 Å². The molecule has 1 heterocycles. The molecule has 5 unspecified atom stereocenters. The normalized spacial score (nSPS) is 20.5. The largest absolute Gasteiger partial charge is 0.484 e. The van der Waals surface area contributed by atoms with Gasteiger partial charge in [0, 0.05) is 24.9 Å². The van der Waals surface area contributed by atoms with Gasteiger partial charge in [-0.15, -0.1) is 0 Å². The molecule has 1 saturated heterocycles. The Kier molecular flexibility index (Phi) is 15.9. The first kappa shape index (κ1) is 41.9. The third-order valence-corrected chi connectivity index (χ3v) is 11.0. The first-order chi connectivity index (χ1) is 23.9. The van der Waals surface area contributed by atoms with Crippen molar-refractivity contribution in [2.45, 2.75) is 102 Å². The number of nitrogens with zero attached hydrogens (tertiary/aromatic N) is 1. The van der Waals surface area contributed by atoms with Crippen molar-refractivity contribution in [1.82, 2.24) is 20.9 Å². The zero-order valence-corrected chi connectivity index (χ0v) is 31.7. The van der Waals surface area contributed by atoms with Crippen LogP contribution < -0.4 is 20.7 Å². The average molecular weight is 733 g/mol. The van der Waals surface area contributed by atoms with E-state index >= 15 is 0 Å². The van der Waals surface area contributed by atoms with Gasteiger partial charge in [0.25, 0.3) is 5.91 Å². The van der Waals surface area contributed by atoms with E-state index in [-0.39, 0.29) is 42.4 Å². The van der Waals surface area contributed by atoms with Crippen molar-refractivity contribution in [2.24, 2.45) is 11.8 Å². The molecule has 0 spiro atoms. The van der Waals surface area contributed by atoms with Crippen LogP contribution in [-0.4, -0.2) is 97.6 Å². The summed E-state index contributed by atoms with van der Waals surface area (Å²) in [5, 5.41) is 19.9. The first-order valence-corrected chi connectivity index (χ1v) is 19.8. The maximum absolute atomic E-state index is 13.5. The Labute approximate surface area is 303 Å². The highest BCUT2D eigenvalue weighted by Gasteiger charge is 2.41. The molecule has 13 heteroatoms. The standard InChI is InChI=1S/C34H47FN4O5.C4H10O2S/c1-34(2,3)38-33(43)29-18-24-11-7-8-12-25(24)20-39(29)21-30(40)28(17-23-9-5-4-6-10-23)37-31(41)19-36-32(42)22-44-27-15-13-26(35)14-16-27;1-4(2)7(3,5)6/h4-6,9-10,13-16,24-25,28-30,40H,7-8,11-12,17-22H2,1-3H3,(H,36,42)(H,37,41)(H,38,43);4H,1-3H3. The van der Waals surface area contributed by atoms with Crippen molar-refractivity contribution >= 4 is 27.6 Å². The number of carbonyl (C=O) groups excluding carboxylic acids is 3. The number of hydrogen-bond donors (Lipinski definition) is 4. The lowest BCUT2D eigenvalue weighted by Crippen LogP contribution is -2.60. The van der Waals surface area contributed by atoms with E-state index < -0.39 is 39.6 Å². The second-order valence-electron chi connectivity index (χ2n) is 15.1. The summed E-state index contributed by atoms with van der Waals surface area (Å²) in [6.07, 6.45) is 6.06. The van der Waals surface area contributed by atoms with Crippen LogP contribution >= 0.6 is 0 Å². The molecule has 1 aliphatic heterocycles. The number of amides is 3. The predicted octanol–water partition coefficient (Wildman–Crippen LogP) is 3.64. The summed E-state index contributed by atoms with van der Waals surface area (Å²) >= 11 is 0. The van der Waals surface area contributed by atoms with Crippen LogP contribution in [0, 0.1) is 17.7 Å². The molecule has 2 aromatic carbocycles. The van der Waals surface area contributed by atoms with Crippen molar-refractivity contribution in [2.75, 3.05) is 32.5 Å².